The van der Waals surface area contributed by atoms with Crippen molar-refractivity contribution in [1.82, 2.24) is 0 Å². The number of carbonyl (C=O) groups excluding carboxylic acids is 2. The number of benzene rings is 1. The van der Waals surface area contributed by atoms with Gasteiger partial charge in [-0.1, -0.05) is 42.8 Å². The maximum Gasteiger partial charge on any atom is 0.330 e. The predicted molar refractivity (Wildman–Crippen MR) is 82.8 cm³/mol. The number of hydrogen-bond donors (Lipinski definition) is 0. The van der Waals surface area contributed by atoms with Crippen molar-refractivity contribution in [3.63, 3.8) is 0 Å². The minimum Gasteiger partial charge on any atom is -0.466 e. The van der Waals surface area contributed by atoms with Gasteiger partial charge in [0.05, 0.1) is 13.0 Å². The average Bonchev–Trinajstić information content (AvgIpc) is 2.53. The Morgan fingerprint density at radius 3 is 2.64 bits per heavy atom. The van der Waals surface area contributed by atoms with Gasteiger partial charge in [0, 0.05) is 6.08 Å². The van der Waals surface area contributed by atoms with Crippen molar-refractivity contribution in [3.05, 3.63) is 47.5 Å². The molecule has 0 amide bonds. The van der Waals surface area contributed by atoms with Crippen LogP contribution >= 0.6 is 0 Å². The maximum atomic E-state index is 12.2. The monoisotopic (exact) mass is 302 g/mol. The SMILES string of the molecule is COC(=O)/C=C1\CC[C@H](C(=O)OCc2ccccc2)[C@@H](C)C1. The van der Waals surface area contributed by atoms with Crippen molar-refractivity contribution in [2.45, 2.75) is 32.8 Å². The molecule has 1 aromatic rings. The molecule has 118 valence electrons. The summed E-state index contributed by atoms with van der Waals surface area (Å²) in [6.45, 7) is 2.34. The van der Waals surface area contributed by atoms with Crippen LogP contribution in [0.5, 0.6) is 0 Å². The van der Waals surface area contributed by atoms with Gasteiger partial charge in [-0.25, -0.2) is 4.79 Å². The van der Waals surface area contributed by atoms with Gasteiger partial charge < -0.3 is 9.47 Å². The molecule has 0 bridgehead atoms. The fourth-order valence-electron chi connectivity index (χ4n) is 2.83. The molecule has 2 rings (SSSR count). The lowest BCUT2D eigenvalue weighted by Crippen LogP contribution is -2.28. The normalized spacial score (nSPS) is 23.1. The van der Waals surface area contributed by atoms with Crippen molar-refractivity contribution in [3.8, 4) is 0 Å². The van der Waals surface area contributed by atoms with Crippen molar-refractivity contribution in [1.29, 1.82) is 0 Å². The molecule has 1 fully saturated rings. The van der Waals surface area contributed by atoms with Gasteiger partial charge in [-0.2, -0.15) is 0 Å². The second-order valence-electron chi connectivity index (χ2n) is 5.75. The molecule has 2 atom stereocenters. The lowest BCUT2D eigenvalue weighted by molar-refractivity contribution is -0.152. The summed E-state index contributed by atoms with van der Waals surface area (Å²) in [5.74, 6) is -0.396. The molecule has 1 aromatic carbocycles. The number of esters is 2. The topological polar surface area (TPSA) is 52.6 Å². The van der Waals surface area contributed by atoms with Gasteiger partial charge in [-0.3, -0.25) is 4.79 Å². The molecule has 1 aliphatic rings. The Morgan fingerprint density at radius 1 is 1.27 bits per heavy atom. The third kappa shape index (κ3) is 4.45. The van der Waals surface area contributed by atoms with Crippen molar-refractivity contribution < 1.29 is 19.1 Å². The molecule has 0 saturated heterocycles. The van der Waals surface area contributed by atoms with E-state index in [9.17, 15) is 9.59 Å². The number of rotatable bonds is 4. The van der Waals surface area contributed by atoms with E-state index in [4.69, 9.17) is 4.74 Å². The van der Waals surface area contributed by atoms with Gasteiger partial charge in [0.1, 0.15) is 6.61 Å². The van der Waals surface area contributed by atoms with E-state index in [1.165, 1.54) is 7.11 Å². The van der Waals surface area contributed by atoms with E-state index in [2.05, 4.69) is 4.74 Å². The maximum absolute atomic E-state index is 12.2. The second-order valence-corrected chi connectivity index (χ2v) is 5.75. The molecule has 4 heteroatoms. The summed E-state index contributed by atoms with van der Waals surface area (Å²) in [6.07, 6.45) is 3.74. The Balaban J connectivity index is 1.87. The van der Waals surface area contributed by atoms with Crippen LogP contribution in [0, 0.1) is 11.8 Å². The van der Waals surface area contributed by atoms with Crippen LogP contribution in [0.3, 0.4) is 0 Å². The van der Waals surface area contributed by atoms with Crippen LogP contribution in [0.25, 0.3) is 0 Å². The Bertz CT molecular complexity index is 547. The first-order valence-electron chi connectivity index (χ1n) is 7.58. The predicted octanol–water partition coefficient (Wildman–Crippen LogP) is 3.27. The number of ether oxygens (including phenoxy) is 2. The largest absolute Gasteiger partial charge is 0.466 e. The third-order valence-corrected chi connectivity index (χ3v) is 4.10. The highest BCUT2D eigenvalue weighted by atomic mass is 16.5. The second kappa shape index (κ2) is 7.78. The molecular weight excluding hydrogens is 280 g/mol. The van der Waals surface area contributed by atoms with Crippen LogP contribution in [0.4, 0.5) is 0 Å². The van der Waals surface area contributed by atoms with Gasteiger partial charge in [0.15, 0.2) is 0 Å². The van der Waals surface area contributed by atoms with E-state index in [1.807, 2.05) is 37.3 Å². The van der Waals surface area contributed by atoms with Crippen LogP contribution in [0.2, 0.25) is 0 Å². The molecule has 0 spiro atoms. The molecule has 0 aliphatic heterocycles. The minimum absolute atomic E-state index is 0.0986. The van der Waals surface area contributed by atoms with Gasteiger partial charge in [-0.05, 0) is 30.7 Å². The lowest BCUT2D eigenvalue weighted by Gasteiger charge is -2.28. The van der Waals surface area contributed by atoms with E-state index in [-0.39, 0.29) is 23.8 Å². The van der Waals surface area contributed by atoms with Crippen LogP contribution in [0.1, 0.15) is 31.7 Å². The highest BCUT2D eigenvalue weighted by molar-refractivity contribution is 5.82. The first-order chi connectivity index (χ1) is 10.6. The molecule has 1 aliphatic carbocycles. The minimum atomic E-state index is -0.327. The van der Waals surface area contributed by atoms with E-state index >= 15 is 0 Å². The lowest BCUT2D eigenvalue weighted by atomic mass is 9.78. The van der Waals surface area contributed by atoms with Crippen LogP contribution in [-0.4, -0.2) is 19.0 Å². The van der Waals surface area contributed by atoms with Gasteiger partial charge >= 0.3 is 11.9 Å². The molecule has 0 aromatic heterocycles. The molecule has 0 heterocycles. The van der Waals surface area contributed by atoms with Crippen molar-refractivity contribution in [2.24, 2.45) is 11.8 Å². The summed E-state index contributed by atoms with van der Waals surface area (Å²) < 4.78 is 10.1. The fourth-order valence-corrected chi connectivity index (χ4v) is 2.83. The number of hydrogen-bond acceptors (Lipinski definition) is 4. The Kier molecular flexibility index (Phi) is 5.75. The summed E-state index contributed by atoms with van der Waals surface area (Å²) in [7, 11) is 1.37. The van der Waals surface area contributed by atoms with Crippen molar-refractivity contribution in [2.75, 3.05) is 7.11 Å². The summed E-state index contributed by atoms with van der Waals surface area (Å²) in [5.41, 5.74) is 2.04. The van der Waals surface area contributed by atoms with Gasteiger partial charge in [0.25, 0.3) is 0 Å². The highest BCUT2D eigenvalue weighted by Gasteiger charge is 2.31. The third-order valence-electron chi connectivity index (χ3n) is 4.10. The molecule has 4 nitrogen and oxygen atoms in total. The summed E-state index contributed by atoms with van der Waals surface area (Å²) in [6, 6.07) is 9.67. The molecular formula is C18H22O4. The van der Waals surface area contributed by atoms with Crippen molar-refractivity contribution >= 4 is 11.9 Å². The number of carbonyl (C=O) groups is 2. The fraction of sp³-hybridized carbons (Fsp3) is 0.444. The molecule has 0 N–H and O–H groups in total. The van der Waals surface area contributed by atoms with Crippen LogP contribution in [0.15, 0.2) is 42.0 Å². The molecule has 22 heavy (non-hydrogen) atoms. The van der Waals surface area contributed by atoms with Gasteiger partial charge in [0.2, 0.25) is 0 Å². The number of methoxy groups -OCH3 is 1. The number of allylic oxidation sites excluding steroid dienone is 1. The zero-order valence-corrected chi connectivity index (χ0v) is 13.1. The summed E-state index contributed by atoms with van der Waals surface area (Å²) >= 11 is 0. The smallest absolute Gasteiger partial charge is 0.330 e. The van der Waals surface area contributed by atoms with E-state index in [1.54, 1.807) is 6.08 Å². The Morgan fingerprint density at radius 2 is 2.00 bits per heavy atom. The standard InChI is InChI=1S/C18H22O4/c1-13-10-15(11-17(19)21-2)8-9-16(13)18(20)22-12-14-6-4-3-5-7-14/h3-7,11,13,16H,8-10,12H2,1-2H3/b15-11+/t13-,16-/m0/s1. The summed E-state index contributed by atoms with van der Waals surface area (Å²) in [4.78, 5) is 23.5. The average molecular weight is 302 g/mol. The van der Waals surface area contributed by atoms with E-state index in [0.717, 1.165) is 30.4 Å². The quantitative estimate of drug-likeness (QED) is 0.633. The first-order valence-corrected chi connectivity index (χ1v) is 7.58. The van der Waals surface area contributed by atoms with Crippen LogP contribution in [-0.2, 0) is 25.7 Å². The van der Waals surface area contributed by atoms with Gasteiger partial charge in [-0.15, -0.1) is 0 Å². The zero-order valence-electron chi connectivity index (χ0n) is 13.1. The highest BCUT2D eigenvalue weighted by Crippen LogP contribution is 2.34. The zero-order chi connectivity index (χ0) is 15.9. The summed E-state index contributed by atoms with van der Waals surface area (Å²) in [5, 5.41) is 0. The van der Waals surface area contributed by atoms with Crippen LogP contribution < -0.4 is 0 Å². The first kappa shape index (κ1) is 16.3. The van der Waals surface area contributed by atoms with E-state index < -0.39 is 0 Å². The molecule has 0 radical (unpaired) electrons. The molecule has 1 saturated carbocycles. The van der Waals surface area contributed by atoms with E-state index in [0.29, 0.717) is 6.61 Å². The molecule has 0 unspecified atom stereocenters. The Hall–Kier alpha value is -2.10. The Labute approximate surface area is 131 Å².